The molecule has 1 aromatic rings. The van der Waals surface area contributed by atoms with Crippen LogP contribution in [0.4, 0.5) is 0 Å². The van der Waals surface area contributed by atoms with Gasteiger partial charge in [0.1, 0.15) is 5.75 Å². The fourth-order valence-electron chi connectivity index (χ4n) is 1.50. The van der Waals surface area contributed by atoms with Gasteiger partial charge in [-0.2, -0.15) is 0 Å². The van der Waals surface area contributed by atoms with Gasteiger partial charge in [0, 0.05) is 6.54 Å². The highest BCUT2D eigenvalue weighted by Gasteiger charge is 2.02. The van der Waals surface area contributed by atoms with Crippen LogP contribution >= 0.6 is 0 Å². The Balaban J connectivity index is 2.27. The van der Waals surface area contributed by atoms with Crippen LogP contribution < -0.4 is 15.8 Å². The maximum Gasteiger partial charge on any atom is 0.257 e. The standard InChI is InChI=1S/C14H22N2O2/c1-11-5-6-13(9-12(11)2)18-10-14(17)16-8-4-3-7-15/h5-6,9H,3-4,7-8,10,15H2,1-2H3,(H,16,17). The third-order valence-electron chi connectivity index (χ3n) is 2.80. The number of unbranched alkanes of at least 4 members (excludes halogenated alkanes) is 1. The number of nitrogens with one attached hydrogen (secondary N) is 1. The normalized spacial score (nSPS) is 10.2. The molecule has 4 nitrogen and oxygen atoms in total. The Hall–Kier alpha value is -1.55. The molecule has 1 rings (SSSR count). The molecule has 0 atom stereocenters. The van der Waals surface area contributed by atoms with Gasteiger partial charge in [-0.3, -0.25) is 4.79 Å². The van der Waals surface area contributed by atoms with E-state index in [4.69, 9.17) is 10.5 Å². The monoisotopic (exact) mass is 250 g/mol. The average Bonchev–Trinajstić information content (AvgIpc) is 2.36. The van der Waals surface area contributed by atoms with Crippen LogP contribution in [0.25, 0.3) is 0 Å². The van der Waals surface area contributed by atoms with Gasteiger partial charge in [-0.1, -0.05) is 6.07 Å². The molecule has 0 heterocycles. The van der Waals surface area contributed by atoms with Crippen molar-refractivity contribution in [2.75, 3.05) is 19.7 Å². The number of ether oxygens (including phenoxy) is 1. The predicted octanol–water partition coefficient (Wildman–Crippen LogP) is 1.54. The first-order valence-electron chi connectivity index (χ1n) is 6.30. The minimum atomic E-state index is -0.0924. The molecule has 0 spiro atoms. The lowest BCUT2D eigenvalue weighted by Crippen LogP contribution is -2.29. The van der Waals surface area contributed by atoms with E-state index < -0.39 is 0 Å². The minimum absolute atomic E-state index is 0.0606. The third-order valence-corrected chi connectivity index (χ3v) is 2.80. The van der Waals surface area contributed by atoms with E-state index in [0.29, 0.717) is 13.1 Å². The molecular formula is C14H22N2O2. The SMILES string of the molecule is Cc1ccc(OCC(=O)NCCCCN)cc1C. The van der Waals surface area contributed by atoms with Crippen LogP contribution in [-0.4, -0.2) is 25.6 Å². The first-order valence-corrected chi connectivity index (χ1v) is 6.30. The lowest BCUT2D eigenvalue weighted by atomic mass is 10.1. The van der Waals surface area contributed by atoms with E-state index in [2.05, 4.69) is 5.32 Å². The topological polar surface area (TPSA) is 64.3 Å². The number of carbonyl (C=O) groups excluding carboxylic acids is 1. The Bertz CT molecular complexity index is 391. The molecule has 1 aromatic carbocycles. The summed E-state index contributed by atoms with van der Waals surface area (Å²) in [5.74, 6) is 0.639. The van der Waals surface area contributed by atoms with Crippen molar-refractivity contribution in [2.45, 2.75) is 26.7 Å². The molecule has 0 fully saturated rings. The van der Waals surface area contributed by atoms with Crippen LogP contribution in [0.3, 0.4) is 0 Å². The molecule has 0 saturated carbocycles. The number of rotatable bonds is 7. The Kier molecular flexibility index (Phi) is 6.22. The Morgan fingerprint density at radius 3 is 2.72 bits per heavy atom. The summed E-state index contributed by atoms with van der Waals surface area (Å²) in [6.07, 6.45) is 1.84. The first kappa shape index (κ1) is 14.5. The van der Waals surface area contributed by atoms with Gasteiger partial charge in [0.05, 0.1) is 0 Å². The van der Waals surface area contributed by atoms with Gasteiger partial charge in [-0.05, 0) is 56.5 Å². The molecule has 1 amide bonds. The van der Waals surface area contributed by atoms with Crippen LogP contribution in [0.2, 0.25) is 0 Å². The van der Waals surface area contributed by atoms with Crippen LogP contribution in [0.15, 0.2) is 18.2 Å². The second-order valence-electron chi connectivity index (χ2n) is 4.38. The quantitative estimate of drug-likeness (QED) is 0.721. The van der Waals surface area contributed by atoms with E-state index in [9.17, 15) is 4.79 Å². The van der Waals surface area contributed by atoms with Crippen LogP contribution in [0, 0.1) is 13.8 Å². The van der Waals surface area contributed by atoms with E-state index >= 15 is 0 Å². The zero-order valence-electron chi connectivity index (χ0n) is 11.2. The summed E-state index contributed by atoms with van der Waals surface area (Å²) in [5.41, 5.74) is 7.75. The summed E-state index contributed by atoms with van der Waals surface area (Å²) < 4.78 is 5.42. The number of nitrogens with two attached hydrogens (primary N) is 1. The highest BCUT2D eigenvalue weighted by atomic mass is 16.5. The van der Waals surface area contributed by atoms with E-state index in [0.717, 1.165) is 24.2 Å². The van der Waals surface area contributed by atoms with Crippen LogP contribution in [0.1, 0.15) is 24.0 Å². The van der Waals surface area contributed by atoms with Crippen molar-refractivity contribution in [2.24, 2.45) is 5.73 Å². The van der Waals surface area contributed by atoms with E-state index in [1.807, 2.05) is 32.0 Å². The summed E-state index contributed by atoms with van der Waals surface area (Å²) in [7, 11) is 0. The van der Waals surface area contributed by atoms with Crippen LogP contribution in [0.5, 0.6) is 5.75 Å². The molecule has 0 aromatic heterocycles. The average molecular weight is 250 g/mol. The molecule has 3 N–H and O–H groups in total. The van der Waals surface area contributed by atoms with Crippen molar-refractivity contribution >= 4 is 5.91 Å². The molecule has 0 saturated heterocycles. The highest BCUT2D eigenvalue weighted by molar-refractivity contribution is 5.77. The second kappa shape index (κ2) is 7.71. The van der Waals surface area contributed by atoms with Gasteiger partial charge in [-0.15, -0.1) is 0 Å². The van der Waals surface area contributed by atoms with Gasteiger partial charge in [0.15, 0.2) is 6.61 Å². The van der Waals surface area contributed by atoms with Crippen molar-refractivity contribution in [1.29, 1.82) is 0 Å². The third kappa shape index (κ3) is 5.19. The van der Waals surface area contributed by atoms with E-state index in [1.165, 1.54) is 5.56 Å². The number of carbonyl (C=O) groups is 1. The van der Waals surface area contributed by atoms with E-state index in [1.54, 1.807) is 0 Å². The number of aryl methyl sites for hydroxylation is 2. The molecule has 0 aliphatic carbocycles. The predicted molar refractivity (Wildman–Crippen MR) is 72.7 cm³/mol. The summed E-state index contributed by atoms with van der Waals surface area (Å²) in [6, 6.07) is 5.81. The van der Waals surface area contributed by atoms with Crippen molar-refractivity contribution in [1.82, 2.24) is 5.32 Å². The lowest BCUT2D eigenvalue weighted by Gasteiger charge is -2.08. The van der Waals surface area contributed by atoms with Crippen LogP contribution in [-0.2, 0) is 4.79 Å². The van der Waals surface area contributed by atoms with Gasteiger partial charge < -0.3 is 15.8 Å². The van der Waals surface area contributed by atoms with Crippen molar-refractivity contribution in [3.8, 4) is 5.75 Å². The van der Waals surface area contributed by atoms with Gasteiger partial charge in [0.2, 0.25) is 0 Å². The highest BCUT2D eigenvalue weighted by Crippen LogP contribution is 2.16. The molecule has 0 unspecified atom stereocenters. The van der Waals surface area contributed by atoms with Gasteiger partial charge in [0.25, 0.3) is 5.91 Å². The van der Waals surface area contributed by atoms with Crippen molar-refractivity contribution < 1.29 is 9.53 Å². The van der Waals surface area contributed by atoms with Crippen molar-refractivity contribution in [3.05, 3.63) is 29.3 Å². The zero-order valence-corrected chi connectivity index (χ0v) is 11.2. The molecule has 0 radical (unpaired) electrons. The summed E-state index contributed by atoms with van der Waals surface area (Å²) in [5, 5.41) is 2.79. The molecule has 0 bridgehead atoms. The Morgan fingerprint density at radius 2 is 2.06 bits per heavy atom. The maximum atomic E-state index is 11.5. The number of amides is 1. The number of benzene rings is 1. The maximum absolute atomic E-state index is 11.5. The number of hydrogen-bond donors (Lipinski definition) is 2. The lowest BCUT2D eigenvalue weighted by molar-refractivity contribution is -0.123. The van der Waals surface area contributed by atoms with Gasteiger partial charge in [-0.25, -0.2) is 0 Å². The zero-order chi connectivity index (χ0) is 13.4. The molecule has 4 heteroatoms. The Labute approximate surface area is 109 Å². The van der Waals surface area contributed by atoms with Crippen molar-refractivity contribution in [3.63, 3.8) is 0 Å². The molecule has 100 valence electrons. The smallest absolute Gasteiger partial charge is 0.257 e. The molecular weight excluding hydrogens is 228 g/mol. The fourth-order valence-corrected chi connectivity index (χ4v) is 1.50. The number of hydrogen-bond acceptors (Lipinski definition) is 3. The summed E-state index contributed by atoms with van der Waals surface area (Å²) in [6.45, 7) is 5.45. The first-order chi connectivity index (χ1) is 8.63. The van der Waals surface area contributed by atoms with Gasteiger partial charge >= 0.3 is 0 Å². The molecule has 0 aliphatic rings. The Morgan fingerprint density at radius 1 is 1.28 bits per heavy atom. The largest absolute Gasteiger partial charge is 0.484 e. The summed E-state index contributed by atoms with van der Waals surface area (Å²) >= 11 is 0. The fraction of sp³-hybridized carbons (Fsp3) is 0.500. The minimum Gasteiger partial charge on any atom is -0.484 e. The molecule has 0 aliphatic heterocycles. The molecule has 18 heavy (non-hydrogen) atoms. The second-order valence-corrected chi connectivity index (χ2v) is 4.38. The summed E-state index contributed by atoms with van der Waals surface area (Å²) in [4.78, 5) is 11.5. The van der Waals surface area contributed by atoms with E-state index in [-0.39, 0.29) is 12.5 Å².